The van der Waals surface area contributed by atoms with Crippen molar-refractivity contribution in [2.45, 2.75) is 19.8 Å². The van der Waals surface area contributed by atoms with Crippen LogP contribution in [0.3, 0.4) is 0 Å². The molecular formula is C13H18N2O3. The molecular weight excluding hydrogens is 232 g/mol. The summed E-state index contributed by atoms with van der Waals surface area (Å²) in [5.41, 5.74) is 6.63. The minimum atomic E-state index is -0.928. The van der Waals surface area contributed by atoms with E-state index in [0.717, 1.165) is 0 Å². The van der Waals surface area contributed by atoms with Crippen molar-refractivity contribution < 1.29 is 14.7 Å². The molecule has 0 fully saturated rings. The van der Waals surface area contributed by atoms with Crippen molar-refractivity contribution in [2.75, 3.05) is 11.9 Å². The Morgan fingerprint density at radius 3 is 2.61 bits per heavy atom. The molecule has 98 valence electrons. The lowest BCUT2D eigenvalue weighted by Gasteiger charge is -2.14. The smallest absolute Gasteiger partial charge is 0.307 e. The molecule has 1 unspecified atom stereocenters. The summed E-state index contributed by atoms with van der Waals surface area (Å²) in [4.78, 5) is 22.6. The van der Waals surface area contributed by atoms with E-state index >= 15 is 0 Å². The van der Waals surface area contributed by atoms with E-state index in [-0.39, 0.29) is 24.8 Å². The van der Waals surface area contributed by atoms with E-state index in [1.54, 1.807) is 24.3 Å². The number of carboxylic acids is 1. The number of nitrogens with one attached hydrogen (secondary N) is 1. The Balaban J connectivity index is 2.83. The first kappa shape index (κ1) is 14.2. The van der Waals surface area contributed by atoms with Crippen LogP contribution >= 0.6 is 0 Å². The highest BCUT2D eigenvalue weighted by Gasteiger charge is 2.16. The molecule has 0 radical (unpaired) electrons. The third-order valence-electron chi connectivity index (χ3n) is 2.77. The number of rotatable bonds is 6. The zero-order chi connectivity index (χ0) is 13.5. The second-order valence-electron chi connectivity index (χ2n) is 4.06. The Morgan fingerprint density at radius 2 is 2.06 bits per heavy atom. The van der Waals surface area contributed by atoms with Gasteiger partial charge in [-0.05, 0) is 18.1 Å². The molecule has 4 N–H and O–H groups in total. The van der Waals surface area contributed by atoms with Crippen molar-refractivity contribution in [3.63, 3.8) is 0 Å². The average molecular weight is 250 g/mol. The van der Waals surface area contributed by atoms with E-state index in [1.165, 1.54) is 0 Å². The van der Waals surface area contributed by atoms with Gasteiger partial charge >= 0.3 is 5.97 Å². The molecule has 0 aromatic heterocycles. The fourth-order valence-electron chi connectivity index (χ4n) is 1.65. The molecule has 18 heavy (non-hydrogen) atoms. The van der Waals surface area contributed by atoms with Crippen LogP contribution < -0.4 is 11.1 Å². The molecule has 0 saturated heterocycles. The Bertz CT molecular complexity index is 428. The second kappa shape index (κ2) is 6.76. The summed E-state index contributed by atoms with van der Waals surface area (Å²) in [5, 5.41) is 11.5. The van der Waals surface area contributed by atoms with Gasteiger partial charge in [-0.3, -0.25) is 9.59 Å². The van der Waals surface area contributed by atoms with Crippen LogP contribution in [0.4, 0.5) is 5.69 Å². The number of para-hydroxylation sites is 1. The topological polar surface area (TPSA) is 92.4 Å². The maximum Gasteiger partial charge on any atom is 0.307 e. The van der Waals surface area contributed by atoms with Crippen LogP contribution in [0.15, 0.2) is 24.3 Å². The molecule has 1 atom stereocenters. The minimum Gasteiger partial charge on any atom is -0.481 e. The third-order valence-corrected chi connectivity index (χ3v) is 2.77. The number of carbonyl (C=O) groups is 2. The fraction of sp³-hybridized carbons (Fsp3) is 0.385. The summed E-state index contributed by atoms with van der Waals surface area (Å²) in [5.74, 6) is -1.34. The first-order chi connectivity index (χ1) is 8.58. The van der Waals surface area contributed by atoms with Gasteiger partial charge in [0.15, 0.2) is 0 Å². The molecule has 1 aromatic carbocycles. The van der Waals surface area contributed by atoms with E-state index in [1.807, 2.05) is 6.92 Å². The third kappa shape index (κ3) is 3.85. The molecule has 0 spiro atoms. The first-order valence-corrected chi connectivity index (χ1v) is 5.89. The van der Waals surface area contributed by atoms with Crippen molar-refractivity contribution >= 4 is 17.6 Å². The van der Waals surface area contributed by atoms with Crippen LogP contribution in [-0.4, -0.2) is 23.5 Å². The van der Waals surface area contributed by atoms with Crippen LogP contribution in [0, 0.1) is 5.92 Å². The number of nitrogens with two attached hydrogens (primary N) is 1. The number of anilines is 1. The number of carbonyl (C=O) groups excluding carboxylic acids is 1. The number of aliphatic carboxylic acids is 1. The van der Waals surface area contributed by atoms with Crippen LogP contribution in [0.25, 0.3) is 0 Å². The molecule has 1 rings (SSSR count). The van der Waals surface area contributed by atoms with Crippen molar-refractivity contribution in [3.8, 4) is 0 Å². The van der Waals surface area contributed by atoms with Gasteiger partial charge in [0.05, 0.1) is 12.3 Å². The zero-order valence-corrected chi connectivity index (χ0v) is 10.3. The van der Waals surface area contributed by atoms with Crippen LogP contribution in [0.2, 0.25) is 0 Å². The monoisotopic (exact) mass is 250 g/mol. The Kier molecular flexibility index (Phi) is 5.32. The van der Waals surface area contributed by atoms with Crippen LogP contribution in [0.1, 0.15) is 18.9 Å². The first-order valence-electron chi connectivity index (χ1n) is 5.89. The molecule has 0 heterocycles. The molecule has 5 heteroatoms. The van der Waals surface area contributed by atoms with Gasteiger partial charge in [0.2, 0.25) is 5.91 Å². The van der Waals surface area contributed by atoms with Crippen LogP contribution in [-0.2, 0) is 16.0 Å². The molecule has 5 nitrogen and oxygen atoms in total. The molecule has 0 aliphatic rings. The molecule has 0 aliphatic carbocycles. The number of hydrogen-bond donors (Lipinski definition) is 3. The Labute approximate surface area is 106 Å². The van der Waals surface area contributed by atoms with Gasteiger partial charge in [-0.25, -0.2) is 0 Å². The van der Waals surface area contributed by atoms with E-state index in [2.05, 4.69) is 5.32 Å². The second-order valence-corrected chi connectivity index (χ2v) is 4.06. The number of carboxylic acid groups (broad SMARTS) is 1. The molecule has 0 aliphatic heterocycles. The number of benzene rings is 1. The largest absolute Gasteiger partial charge is 0.481 e. The van der Waals surface area contributed by atoms with E-state index in [9.17, 15) is 9.59 Å². The van der Waals surface area contributed by atoms with E-state index in [4.69, 9.17) is 10.8 Å². The van der Waals surface area contributed by atoms with Crippen molar-refractivity contribution in [3.05, 3.63) is 29.8 Å². The lowest BCUT2D eigenvalue weighted by atomic mass is 10.0. The summed E-state index contributed by atoms with van der Waals surface area (Å²) < 4.78 is 0. The summed E-state index contributed by atoms with van der Waals surface area (Å²) in [6.45, 7) is 2.17. The lowest BCUT2D eigenvalue weighted by Crippen LogP contribution is -2.29. The molecule has 1 aromatic rings. The maximum atomic E-state index is 11.9. The molecule has 0 bridgehead atoms. The lowest BCUT2D eigenvalue weighted by molar-refractivity contribution is -0.136. The highest BCUT2D eigenvalue weighted by atomic mass is 16.4. The predicted molar refractivity (Wildman–Crippen MR) is 69.2 cm³/mol. The van der Waals surface area contributed by atoms with Crippen LogP contribution in [0.5, 0.6) is 0 Å². The summed E-state index contributed by atoms with van der Waals surface area (Å²) in [6.07, 6.45) is 0.541. The predicted octanol–water partition coefficient (Wildman–Crippen LogP) is 1.24. The van der Waals surface area contributed by atoms with E-state index < -0.39 is 5.97 Å². The highest BCUT2D eigenvalue weighted by Crippen LogP contribution is 2.17. The van der Waals surface area contributed by atoms with Gasteiger partial charge in [0.25, 0.3) is 0 Å². The Morgan fingerprint density at radius 1 is 1.39 bits per heavy atom. The van der Waals surface area contributed by atoms with Crippen molar-refractivity contribution in [2.24, 2.45) is 11.7 Å². The van der Waals surface area contributed by atoms with Crippen molar-refractivity contribution in [1.82, 2.24) is 0 Å². The summed E-state index contributed by atoms with van der Waals surface area (Å²) >= 11 is 0. The molecule has 0 saturated carbocycles. The SMILES string of the molecule is CCC(CN)C(=O)Nc1ccccc1CC(=O)O. The quantitative estimate of drug-likeness (QED) is 0.708. The standard InChI is InChI=1S/C13H18N2O3/c1-2-9(8-14)13(18)15-11-6-4-3-5-10(11)7-12(16)17/h3-6,9H,2,7-8,14H2,1H3,(H,15,18)(H,16,17). The summed E-state index contributed by atoms with van der Waals surface area (Å²) in [6, 6.07) is 6.88. The van der Waals surface area contributed by atoms with Gasteiger partial charge in [-0.1, -0.05) is 25.1 Å². The summed E-state index contributed by atoms with van der Waals surface area (Å²) in [7, 11) is 0. The minimum absolute atomic E-state index is 0.115. The number of amides is 1. The Hall–Kier alpha value is -1.88. The average Bonchev–Trinajstić information content (AvgIpc) is 2.32. The number of hydrogen-bond acceptors (Lipinski definition) is 3. The van der Waals surface area contributed by atoms with Gasteiger partial charge < -0.3 is 16.2 Å². The van der Waals surface area contributed by atoms with E-state index in [0.29, 0.717) is 17.7 Å². The fourth-order valence-corrected chi connectivity index (χ4v) is 1.65. The normalized spacial score (nSPS) is 11.9. The molecule has 1 amide bonds. The highest BCUT2D eigenvalue weighted by molar-refractivity contribution is 5.94. The van der Waals surface area contributed by atoms with Gasteiger partial charge in [-0.15, -0.1) is 0 Å². The van der Waals surface area contributed by atoms with Gasteiger partial charge in [0, 0.05) is 12.2 Å². The van der Waals surface area contributed by atoms with Crippen molar-refractivity contribution in [1.29, 1.82) is 0 Å². The van der Waals surface area contributed by atoms with Gasteiger partial charge in [-0.2, -0.15) is 0 Å². The zero-order valence-electron chi connectivity index (χ0n) is 10.3. The maximum absolute atomic E-state index is 11.9. The van der Waals surface area contributed by atoms with Gasteiger partial charge in [0.1, 0.15) is 0 Å².